The van der Waals surface area contributed by atoms with Gasteiger partial charge in [-0.1, -0.05) is 23.2 Å². The molecule has 0 unspecified atom stereocenters. The van der Waals surface area contributed by atoms with Gasteiger partial charge in [0.1, 0.15) is 0 Å². The highest BCUT2D eigenvalue weighted by Crippen LogP contribution is 2.28. The summed E-state index contributed by atoms with van der Waals surface area (Å²) in [4.78, 5) is 48.1. The molecule has 11 heteroatoms. The molecule has 3 rings (SSSR count). The number of halogens is 2. The number of anilines is 2. The molecular formula is C19H15Cl2N3O6. The number of benzene rings is 2. The SMILES string of the molecule is O=C(COC(=O)[C@H]1CC(=O)N(c2ccc([N+](=O)[O-])cc2)C1)Nc1cc(Cl)ccc1Cl. The first-order valence-corrected chi connectivity index (χ1v) is 9.46. The van der Waals surface area contributed by atoms with Crippen molar-refractivity contribution >= 4 is 58.0 Å². The lowest BCUT2D eigenvalue weighted by Gasteiger charge is -2.16. The van der Waals surface area contributed by atoms with E-state index in [1.807, 2.05) is 0 Å². The standard InChI is InChI=1S/C19H15Cl2N3O6/c20-12-1-6-15(21)16(8-12)22-17(25)10-30-19(27)11-7-18(26)23(9-11)13-2-4-14(5-3-13)24(28)29/h1-6,8,11H,7,9-10H2,(H,22,25)/t11-/m0/s1. The molecule has 0 aromatic heterocycles. The zero-order chi connectivity index (χ0) is 21.8. The van der Waals surface area contributed by atoms with Crippen LogP contribution < -0.4 is 10.2 Å². The first-order chi connectivity index (χ1) is 14.2. The third-order valence-electron chi connectivity index (χ3n) is 4.38. The molecule has 0 aliphatic carbocycles. The number of hydrogen-bond donors (Lipinski definition) is 1. The lowest BCUT2D eigenvalue weighted by Crippen LogP contribution is -2.28. The second-order valence-electron chi connectivity index (χ2n) is 6.46. The van der Waals surface area contributed by atoms with Crippen molar-refractivity contribution in [2.75, 3.05) is 23.4 Å². The topological polar surface area (TPSA) is 119 Å². The molecular weight excluding hydrogens is 437 g/mol. The van der Waals surface area contributed by atoms with Crippen molar-refractivity contribution in [1.82, 2.24) is 0 Å². The molecule has 9 nitrogen and oxygen atoms in total. The van der Waals surface area contributed by atoms with E-state index in [1.165, 1.54) is 41.3 Å². The minimum absolute atomic E-state index is 0.0528. The Morgan fingerprint density at radius 3 is 2.57 bits per heavy atom. The van der Waals surface area contributed by atoms with Gasteiger partial charge in [-0.2, -0.15) is 0 Å². The second kappa shape index (κ2) is 9.10. The van der Waals surface area contributed by atoms with Crippen LogP contribution in [-0.2, 0) is 19.1 Å². The smallest absolute Gasteiger partial charge is 0.311 e. The Hall–Kier alpha value is -3.17. The number of esters is 1. The Labute approximate surface area is 180 Å². The molecule has 0 bridgehead atoms. The summed E-state index contributed by atoms with van der Waals surface area (Å²) in [5, 5.41) is 13.9. The number of nitro benzene ring substituents is 1. The van der Waals surface area contributed by atoms with Crippen molar-refractivity contribution in [2.45, 2.75) is 6.42 Å². The van der Waals surface area contributed by atoms with E-state index in [0.29, 0.717) is 10.7 Å². The number of non-ortho nitro benzene ring substituents is 1. The third-order valence-corrected chi connectivity index (χ3v) is 4.94. The molecule has 1 fully saturated rings. The van der Waals surface area contributed by atoms with Crippen LogP contribution in [0.5, 0.6) is 0 Å². The third kappa shape index (κ3) is 5.05. The summed E-state index contributed by atoms with van der Waals surface area (Å²) >= 11 is 11.8. The monoisotopic (exact) mass is 451 g/mol. The maximum absolute atomic E-state index is 12.3. The molecule has 1 aliphatic heterocycles. The molecule has 1 saturated heterocycles. The van der Waals surface area contributed by atoms with Gasteiger partial charge in [0.2, 0.25) is 5.91 Å². The molecule has 0 saturated carbocycles. The maximum Gasteiger partial charge on any atom is 0.311 e. The first kappa shape index (κ1) is 21.5. The van der Waals surface area contributed by atoms with E-state index in [9.17, 15) is 24.5 Å². The van der Waals surface area contributed by atoms with Crippen LogP contribution in [0.2, 0.25) is 10.0 Å². The molecule has 2 amide bonds. The quantitative estimate of drug-likeness (QED) is 0.408. The fourth-order valence-electron chi connectivity index (χ4n) is 2.90. The Bertz CT molecular complexity index is 1010. The number of hydrogen-bond acceptors (Lipinski definition) is 6. The minimum atomic E-state index is -0.754. The molecule has 2 aromatic carbocycles. The van der Waals surface area contributed by atoms with E-state index in [1.54, 1.807) is 6.07 Å². The fraction of sp³-hybridized carbons (Fsp3) is 0.211. The number of amides is 2. The molecule has 2 aromatic rings. The van der Waals surface area contributed by atoms with Crippen molar-refractivity contribution in [2.24, 2.45) is 5.92 Å². The fourth-order valence-corrected chi connectivity index (χ4v) is 3.24. The minimum Gasteiger partial charge on any atom is -0.455 e. The molecule has 30 heavy (non-hydrogen) atoms. The highest BCUT2D eigenvalue weighted by molar-refractivity contribution is 6.35. The molecule has 0 spiro atoms. The summed E-state index contributed by atoms with van der Waals surface area (Å²) in [5.41, 5.74) is 0.618. The average Bonchev–Trinajstić information content (AvgIpc) is 3.10. The van der Waals surface area contributed by atoms with Gasteiger partial charge in [0.15, 0.2) is 6.61 Å². The van der Waals surface area contributed by atoms with E-state index in [-0.39, 0.29) is 35.3 Å². The van der Waals surface area contributed by atoms with Crippen LogP contribution in [0.1, 0.15) is 6.42 Å². The van der Waals surface area contributed by atoms with Crippen molar-refractivity contribution in [1.29, 1.82) is 0 Å². The van der Waals surface area contributed by atoms with Crippen molar-refractivity contribution < 1.29 is 24.0 Å². The van der Waals surface area contributed by atoms with Gasteiger partial charge in [-0.15, -0.1) is 0 Å². The summed E-state index contributed by atoms with van der Waals surface area (Å²) in [5.74, 6) is -2.37. The van der Waals surface area contributed by atoms with Gasteiger partial charge in [0, 0.05) is 35.8 Å². The van der Waals surface area contributed by atoms with Gasteiger partial charge in [0.05, 0.1) is 21.6 Å². The van der Waals surface area contributed by atoms with Crippen LogP contribution in [-0.4, -0.2) is 35.9 Å². The van der Waals surface area contributed by atoms with Crippen LogP contribution >= 0.6 is 23.2 Å². The predicted molar refractivity (Wildman–Crippen MR) is 110 cm³/mol. The summed E-state index contributed by atoms with van der Waals surface area (Å²) < 4.78 is 5.02. The number of ether oxygens (including phenoxy) is 1. The Morgan fingerprint density at radius 1 is 1.20 bits per heavy atom. The lowest BCUT2D eigenvalue weighted by molar-refractivity contribution is -0.384. The Balaban J connectivity index is 1.54. The van der Waals surface area contributed by atoms with E-state index in [4.69, 9.17) is 27.9 Å². The van der Waals surface area contributed by atoms with Crippen LogP contribution in [0, 0.1) is 16.0 Å². The summed E-state index contributed by atoms with van der Waals surface area (Å²) in [6.45, 7) is -0.499. The number of nitro groups is 1. The number of nitrogens with one attached hydrogen (secondary N) is 1. The lowest BCUT2D eigenvalue weighted by atomic mass is 10.1. The molecule has 1 N–H and O–H groups in total. The maximum atomic E-state index is 12.3. The molecule has 1 atom stereocenters. The highest BCUT2D eigenvalue weighted by Gasteiger charge is 2.36. The van der Waals surface area contributed by atoms with Gasteiger partial charge in [-0.05, 0) is 30.3 Å². The van der Waals surface area contributed by atoms with Gasteiger partial charge < -0.3 is 15.0 Å². The molecule has 156 valence electrons. The zero-order valence-corrected chi connectivity index (χ0v) is 16.9. The Kier molecular flexibility index (Phi) is 6.53. The van der Waals surface area contributed by atoms with Crippen LogP contribution in [0.3, 0.4) is 0 Å². The average molecular weight is 452 g/mol. The van der Waals surface area contributed by atoms with Gasteiger partial charge in [-0.3, -0.25) is 24.5 Å². The van der Waals surface area contributed by atoms with Crippen molar-refractivity contribution in [3.63, 3.8) is 0 Å². The molecule has 1 heterocycles. The first-order valence-electron chi connectivity index (χ1n) is 8.71. The number of carbonyl (C=O) groups is 3. The number of carbonyl (C=O) groups excluding carboxylic acids is 3. The van der Waals surface area contributed by atoms with E-state index < -0.39 is 29.3 Å². The largest absolute Gasteiger partial charge is 0.455 e. The predicted octanol–water partition coefficient (Wildman–Crippen LogP) is 3.44. The van der Waals surface area contributed by atoms with E-state index in [0.717, 1.165) is 0 Å². The van der Waals surface area contributed by atoms with Crippen LogP contribution in [0.25, 0.3) is 0 Å². The Morgan fingerprint density at radius 2 is 1.90 bits per heavy atom. The second-order valence-corrected chi connectivity index (χ2v) is 7.30. The highest BCUT2D eigenvalue weighted by atomic mass is 35.5. The normalized spacial score (nSPS) is 15.7. The number of rotatable bonds is 6. The van der Waals surface area contributed by atoms with Gasteiger partial charge in [0.25, 0.3) is 11.6 Å². The zero-order valence-electron chi connectivity index (χ0n) is 15.3. The molecule has 0 radical (unpaired) electrons. The number of nitrogens with zero attached hydrogens (tertiary/aromatic N) is 2. The summed E-state index contributed by atoms with van der Waals surface area (Å²) in [7, 11) is 0. The van der Waals surface area contributed by atoms with Gasteiger partial charge in [-0.25, -0.2) is 0 Å². The van der Waals surface area contributed by atoms with Crippen LogP contribution in [0.4, 0.5) is 17.1 Å². The van der Waals surface area contributed by atoms with Crippen LogP contribution in [0.15, 0.2) is 42.5 Å². The van der Waals surface area contributed by atoms with E-state index >= 15 is 0 Å². The summed E-state index contributed by atoms with van der Waals surface area (Å²) in [6, 6.07) is 9.97. The summed E-state index contributed by atoms with van der Waals surface area (Å²) in [6.07, 6.45) is -0.0858. The molecule has 1 aliphatic rings. The van der Waals surface area contributed by atoms with Crippen molar-refractivity contribution in [3.8, 4) is 0 Å². The van der Waals surface area contributed by atoms with Gasteiger partial charge >= 0.3 is 5.97 Å². The van der Waals surface area contributed by atoms with Crippen molar-refractivity contribution in [3.05, 3.63) is 62.6 Å². The van der Waals surface area contributed by atoms with E-state index in [2.05, 4.69) is 5.32 Å².